The van der Waals surface area contributed by atoms with Crippen molar-refractivity contribution >= 4 is 17.1 Å². The van der Waals surface area contributed by atoms with E-state index < -0.39 is 0 Å². The van der Waals surface area contributed by atoms with Crippen LogP contribution in [0.5, 0.6) is 0 Å². The SMILES string of the molecule is CC(C)(C)c1csc(CC(=O)CC2CCCCO2)n1. The zero-order valence-corrected chi connectivity index (χ0v) is 12.9. The first-order valence-electron chi connectivity index (χ1n) is 7.03. The molecule has 2 heterocycles. The minimum absolute atomic E-state index is 0.0598. The number of hydrogen-bond acceptors (Lipinski definition) is 4. The molecule has 0 aromatic carbocycles. The Morgan fingerprint density at radius 2 is 2.26 bits per heavy atom. The van der Waals surface area contributed by atoms with Crippen LogP contribution in [0.15, 0.2) is 5.38 Å². The number of Topliss-reactive ketones (excluding diaryl/α,β-unsaturated/α-hetero) is 1. The van der Waals surface area contributed by atoms with Gasteiger partial charge in [0, 0.05) is 23.8 Å². The fourth-order valence-electron chi connectivity index (χ4n) is 2.20. The van der Waals surface area contributed by atoms with Gasteiger partial charge in [-0.25, -0.2) is 4.98 Å². The Balaban J connectivity index is 1.86. The molecular formula is C15H23NO2S. The maximum absolute atomic E-state index is 12.0. The highest BCUT2D eigenvalue weighted by atomic mass is 32.1. The molecule has 1 fully saturated rings. The first-order valence-corrected chi connectivity index (χ1v) is 7.91. The Hall–Kier alpha value is -0.740. The smallest absolute Gasteiger partial charge is 0.142 e. The van der Waals surface area contributed by atoms with Gasteiger partial charge in [0.1, 0.15) is 10.8 Å². The summed E-state index contributed by atoms with van der Waals surface area (Å²) in [6.45, 7) is 7.24. The Morgan fingerprint density at radius 3 is 2.84 bits per heavy atom. The maximum Gasteiger partial charge on any atom is 0.142 e. The topological polar surface area (TPSA) is 39.2 Å². The van der Waals surface area contributed by atoms with Crippen LogP contribution in [0.4, 0.5) is 0 Å². The van der Waals surface area contributed by atoms with Crippen molar-refractivity contribution < 1.29 is 9.53 Å². The van der Waals surface area contributed by atoms with Crippen LogP contribution >= 0.6 is 11.3 Å². The summed E-state index contributed by atoms with van der Waals surface area (Å²) in [7, 11) is 0. The summed E-state index contributed by atoms with van der Waals surface area (Å²) in [6.07, 6.45) is 4.49. The molecular weight excluding hydrogens is 258 g/mol. The molecule has 0 amide bonds. The van der Waals surface area contributed by atoms with Crippen LogP contribution in [0.1, 0.15) is 57.2 Å². The molecule has 3 nitrogen and oxygen atoms in total. The number of nitrogens with zero attached hydrogens (tertiary/aromatic N) is 1. The van der Waals surface area contributed by atoms with Gasteiger partial charge in [-0.3, -0.25) is 4.79 Å². The van der Waals surface area contributed by atoms with Crippen LogP contribution in [0.25, 0.3) is 0 Å². The van der Waals surface area contributed by atoms with Crippen LogP contribution < -0.4 is 0 Å². The van der Waals surface area contributed by atoms with Crippen LogP contribution in [-0.4, -0.2) is 23.5 Å². The molecule has 2 rings (SSSR count). The molecule has 0 bridgehead atoms. The van der Waals surface area contributed by atoms with Gasteiger partial charge >= 0.3 is 0 Å². The van der Waals surface area contributed by atoms with Gasteiger partial charge in [0.25, 0.3) is 0 Å². The molecule has 19 heavy (non-hydrogen) atoms. The van der Waals surface area contributed by atoms with Gasteiger partial charge in [-0.15, -0.1) is 11.3 Å². The van der Waals surface area contributed by atoms with Crippen molar-refractivity contribution in [1.82, 2.24) is 4.98 Å². The number of ketones is 1. The van der Waals surface area contributed by atoms with Crippen LogP contribution in [0.2, 0.25) is 0 Å². The van der Waals surface area contributed by atoms with Gasteiger partial charge in [0.05, 0.1) is 18.2 Å². The van der Waals surface area contributed by atoms with E-state index in [4.69, 9.17) is 4.74 Å². The Labute approximate surface area is 119 Å². The second kappa shape index (κ2) is 6.14. The number of aromatic nitrogens is 1. The van der Waals surface area contributed by atoms with Crippen molar-refractivity contribution in [3.63, 3.8) is 0 Å². The number of thiazole rings is 1. The van der Waals surface area contributed by atoms with Crippen LogP contribution in [0.3, 0.4) is 0 Å². The predicted octanol–water partition coefficient (Wildman–Crippen LogP) is 3.51. The van der Waals surface area contributed by atoms with E-state index in [9.17, 15) is 4.79 Å². The molecule has 4 heteroatoms. The first kappa shape index (κ1) is 14.7. The largest absolute Gasteiger partial charge is 0.378 e. The Kier molecular flexibility index (Phi) is 4.74. The zero-order valence-electron chi connectivity index (χ0n) is 12.1. The lowest BCUT2D eigenvalue weighted by atomic mass is 9.93. The van der Waals surface area contributed by atoms with Crippen molar-refractivity contribution in [3.05, 3.63) is 16.1 Å². The van der Waals surface area contributed by atoms with Crippen LogP contribution in [0, 0.1) is 0 Å². The lowest BCUT2D eigenvalue weighted by Gasteiger charge is -2.21. The Morgan fingerprint density at radius 1 is 1.47 bits per heavy atom. The van der Waals surface area contributed by atoms with Gasteiger partial charge in [-0.05, 0) is 19.3 Å². The molecule has 1 aliphatic heterocycles. The predicted molar refractivity (Wildman–Crippen MR) is 77.7 cm³/mol. The van der Waals surface area contributed by atoms with E-state index in [1.165, 1.54) is 6.42 Å². The third-order valence-corrected chi connectivity index (χ3v) is 4.25. The monoisotopic (exact) mass is 281 g/mol. The number of ether oxygens (including phenoxy) is 1. The van der Waals surface area contributed by atoms with E-state index in [0.29, 0.717) is 12.8 Å². The summed E-state index contributed by atoms with van der Waals surface area (Å²) in [6, 6.07) is 0. The quantitative estimate of drug-likeness (QED) is 0.847. The number of carbonyl (C=O) groups excluding carboxylic acids is 1. The van der Waals surface area contributed by atoms with Crippen LogP contribution in [-0.2, 0) is 21.4 Å². The van der Waals surface area contributed by atoms with Crippen molar-refractivity contribution in [3.8, 4) is 0 Å². The molecule has 0 N–H and O–H groups in total. The average molecular weight is 281 g/mol. The summed E-state index contributed by atoms with van der Waals surface area (Å²) >= 11 is 1.59. The van der Waals surface area contributed by atoms with Gasteiger partial charge in [0.2, 0.25) is 0 Å². The van der Waals surface area contributed by atoms with Gasteiger partial charge in [-0.1, -0.05) is 20.8 Å². The van der Waals surface area contributed by atoms with E-state index in [-0.39, 0.29) is 17.3 Å². The highest BCUT2D eigenvalue weighted by molar-refractivity contribution is 7.09. The summed E-state index contributed by atoms with van der Waals surface area (Å²) in [5.41, 5.74) is 1.14. The lowest BCUT2D eigenvalue weighted by molar-refractivity contribution is -0.122. The molecule has 0 spiro atoms. The van der Waals surface area contributed by atoms with Crippen molar-refractivity contribution in [2.45, 2.75) is 64.4 Å². The molecule has 1 saturated heterocycles. The van der Waals surface area contributed by atoms with E-state index in [0.717, 1.165) is 30.2 Å². The molecule has 0 radical (unpaired) electrons. The summed E-state index contributed by atoms with van der Waals surface area (Å²) < 4.78 is 5.61. The maximum atomic E-state index is 12.0. The minimum Gasteiger partial charge on any atom is -0.378 e. The average Bonchev–Trinajstić information content (AvgIpc) is 2.78. The number of carbonyl (C=O) groups is 1. The molecule has 1 unspecified atom stereocenters. The standard InChI is InChI=1S/C15H23NO2S/c1-15(2,3)13-10-19-14(16-13)9-11(17)8-12-6-4-5-7-18-12/h10,12H,4-9H2,1-3H3. The highest BCUT2D eigenvalue weighted by Crippen LogP contribution is 2.24. The fraction of sp³-hybridized carbons (Fsp3) is 0.733. The second-order valence-electron chi connectivity index (χ2n) is 6.28. The van der Waals surface area contributed by atoms with E-state index in [1.807, 2.05) is 0 Å². The first-order chi connectivity index (χ1) is 8.95. The third-order valence-electron chi connectivity index (χ3n) is 3.40. The van der Waals surface area contributed by atoms with Gasteiger partial charge < -0.3 is 4.74 Å². The minimum atomic E-state index is 0.0598. The molecule has 1 aliphatic rings. The molecule has 1 aromatic rings. The second-order valence-corrected chi connectivity index (χ2v) is 7.23. The lowest BCUT2D eigenvalue weighted by Crippen LogP contribution is -2.23. The summed E-state index contributed by atoms with van der Waals surface area (Å²) in [4.78, 5) is 16.6. The molecule has 1 aromatic heterocycles. The van der Waals surface area contributed by atoms with E-state index in [1.54, 1.807) is 11.3 Å². The third kappa shape index (κ3) is 4.39. The number of rotatable bonds is 4. The molecule has 1 atom stereocenters. The molecule has 106 valence electrons. The zero-order chi connectivity index (χ0) is 13.9. The number of hydrogen-bond donors (Lipinski definition) is 0. The van der Waals surface area contributed by atoms with Gasteiger partial charge in [-0.2, -0.15) is 0 Å². The van der Waals surface area contributed by atoms with E-state index in [2.05, 4.69) is 31.1 Å². The Bertz CT molecular complexity index is 428. The summed E-state index contributed by atoms with van der Waals surface area (Å²) in [5, 5.41) is 3.01. The van der Waals surface area contributed by atoms with Crippen molar-refractivity contribution in [1.29, 1.82) is 0 Å². The summed E-state index contributed by atoms with van der Waals surface area (Å²) in [5.74, 6) is 0.252. The fourth-order valence-corrected chi connectivity index (χ4v) is 3.25. The van der Waals surface area contributed by atoms with Gasteiger partial charge in [0.15, 0.2) is 0 Å². The molecule has 0 aliphatic carbocycles. The van der Waals surface area contributed by atoms with E-state index >= 15 is 0 Å². The van der Waals surface area contributed by atoms with Crippen molar-refractivity contribution in [2.24, 2.45) is 0 Å². The molecule has 0 saturated carbocycles. The normalized spacial score (nSPS) is 20.5. The highest BCUT2D eigenvalue weighted by Gasteiger charge is 2.21. The van der Waals surface area contributed by atoms with Crippen molar-refractivity contribution in [2.75, 3.05) is 6.61 Å².